The number of nitriles is 1. The van der Waals surface area contributed by atoms with Gasteiger partial charge in [-0.25, -0.2) is 0 Å². The Balaban J connectivity index is 4.27. The van der Waals surface area contributed by atoms with Crippen LogP contribution in [-0.2, 0) is 9.59 Å². The molecule has 0 spiro atoms. The molecule has 6 heteroatoms. The van der Waals surface area contributed by atoms with Gasteiger partial charge in [0.05, 0.1) is 18.4 Å². The zero-order valence-corrected chi connectivity index (χ0v) is 6.10. The summed E-state index contributed by atoms with van der Waals surface area (Å²) in [6.07, 6.45) is -0.552. The Morgan fingerprint density at radius 2 is 2.00 bits per heavy atom. The Morgan fingerprint density at radius 3 is 2.25 bits per heavy atom. The Morgan fingerprint density at radius 1 is 1.50 bits per heavy atom. The summed E-state index contributed by atoms with van der Waals surface area (Å²) < 4.78 is 0. The SMILES string of the molecule is N#CC(CC(=O)O)C(N)C(=O)O. The second-order valence-electron chi connectivity index (χ2n) is 2.20. The number of carboxylic acid groups (broad SMARTS) is 2. The number of carboxylic acids is 2. The minimum Gasteiger partial charge on any atom is -0.481 e. The summed E-state index contributed by atoms with van der Waals surface area (Å²) >= 11 is 0. The summed E-state index contributed by atoms with van der Waals surface area (Å²) in [7, 11) is 0. The predicted octanol–water partition coefficient (Wildman–Crippen LogP) is -0.987. The van der Waals surface area contributed by atoms with Crippen molar-refractivity contribution in [1.29, 1.82) is 5.26 Å². The topological polar surface area (TPSA) is 124 Å². The van der Waals surface area contributed by atoms with Crippen molar-refractivity contribution in [1.82, 2.24) is 0 Å². The normalized spacial score (nSPS) is 14.3. The lowest BCUT2D eigenvalue weighted by Crippen LogP contribution is -2.38. The van der Waals surface area contributed by atoms with Crippen LogP contribution in [0.4, 0.5) is 0 Å². The van der Waals surface area contributed by atoms with Gasteiger partial charge in [-0.05, 0) is 0 Å². The summed E-state index contributed by atoms with van der Waals surface area (Å²) in [5.74, 6) is -3.79. The highest BCUT2D eigenvalue weighted by molar-refractivity contribution is 5.76. The van der Waals surface area contributed by atoms with E-state index in [1.54, 1.807) is 0 Å². The molecule has 0 saturated carbocycles. The lowest BCUT2D eigenvalue weighted by atomic mass is 9.99. The highest BCUT2D eigenvalue weighted by Crippen LogP contribution is 2.05. The smallest absolute Gasteiger partial charge is 0.321 e. The average Bonchev–Trinajstić information content (AvgIpc) is 1.98. The number of nitrogens with two attached hydrogens (primary N) is 1. The third kappa shape index (κ3) is 2.98. The lowest BCUT2D eigenvalue weighted by Gasteiger charge is -2.09. The van der Waals surface area contributed by atoms with Crippen molar-refractivity contribution in [2.24, 2.45) is 11.7 Å². The summed E-state index contributed by atoms with van der Waals surface area (Å²) in [5, 5.41) is 24.9. The van der Waals surface area contributed by atoms with E-state index in [4.69, 9.17) is 21.2 Å². The Bertz CT molecular complexity index is 232. The third-order valence-corrected chi connectivity index (χ3v) is 1.28. The first-order valence-corrected chi connectivity index (χ1v) is 3.08. The van der Waals surface area contributed by atoms with Crippen LogP contribution in [-0.4, -0.2) is 28.2 Å². The summed E-state index contributed by atoms with van der Waals surface area (Å²) in [5.41, 5.74) is 5.03. The first kappa shape index (κ1) is 10.4. The largest absolute Gasteiger partial charge is 0.481 e. The van der Waals surface area contributed by atoms with Gasteiger partial charge < -0.3 is 15.9 Å². The summed E-state index contributed by atoms with van der Waals surface area (Å²) in [4.78, 5) is 20.3. The summed E-state index contributed by atoms with van der Waals surface area (Å²) in [6, 6.07) is 0.0890. The first-order valence-electron chi connectivity index (χ1n) is 3.08. The molecule has 0 radical (unpaired) electrons. The fraction of sp³-hybridized carbons (Fsp3) is 0.500. The van der Waals surface area contributed by atoms with Crippen LogP contribution in [0.2, 0.25) is 0 Å². The molecule has 0 fully saturated rings. The molecule has 66 valence electrons. The van der Waals surface area contributed by atoms with E-state index in [2.05, 4.69) is 0 Å². The first-order chi connectivity index (χ1) is 5.49. The highest BCUT2D eigenvalue weighted by atomic mass is 16.4. The molecule has 0 aliphatic heterocycles. The van der Waals surface area contributed by atoms with Gasteiger partial charge in [-0.15, -0.1) is 0 Å². The molecule has 2 unspecified atom stereocenters. The van der Waals surface area contributed by atoms with Crippen molar-refractivity contribution in [2.45, 2.75) is 12.5 Å². The molecule has 0 heterocycles. The zero-order valence-electron chi connectivity index (χ0n) is 6.10. The standard InChI is InChI=1S/C6H8N2O4/c7-2-3(1-4(9)10)5(8)6(11)12/h3,5H,1,8H2,(H,9,10)(H,11,12). The molecule has 0 amide bonds. The molecule has 0 aromatic heterocycles. The molecule has 0 aromatic carbocycles. The number of hydrogen-bond donors (Lipinski definition) is 3. The van der Waals surface area contributed by atoms with E-state index in [0.29, 0.717) is 0 Å². The molecule has 0 saturated heterocycles. The predicted molar refractivity (Wildman–Crippen MR) is 37.0 cm³/mol. The molecule has 4 N–H and O–H groups in total. The van der Waals surface area contributed by atoms with Gasteiger partial charge in [-0.2, -0.15) is 5.26 Å². The van der Waals surface area contributed by atoms with Crippen LogP contribution in [0.5, 0.6) is 0 Å². The molecule has 0 bridgehead atoms. The fourth-order valence-corrected chi connectivity index (χ4v) is 0.613. The van der Waals surface area contributed by atoms with E-state index in [1.807, 2.05) is 0 Å². The monoisotopic (exact) mass is 172 g/mol. The van der Waals surface area contributed by atoms with Crippen molar-refractivity contribution >= 4 is 11.9 Å². The minimum absolute atomic E-state index is 0.552. The maximum Gasteiger partial charge on any atom is 0.321 e. The van der Waals surface area contributed by atoms with Crippen LogP contribution in [0.25, 0.3) is 0 Å². The Labute approximate surface area is 68.2 Å². The maximum atomic E-state index is 10.2. The molecule has 0 aromatic rings. The van der Waals surface area contributed by atoms with Gasteiger partial charge in [0.2, 0.25) is 0 Å². The van der Waals surface area contributed by atoms with E-state index < -0.39 is 30.3 Å². The van der Waals surface area contributed by atoms with Crippen LogP contribution >= 0.6 is 0 Å². The number of hydrogen-bond acceptors (Lipinski definition) is 4. The van der Waals surface area contributed by atoms with Gasteiger partial charge in [0.25, 0.3) is 0 Å². The minimum atomic E-state index is -1.44. The Hall–Kier alpha value is -1.61. The Kier molecular flexibility index (Phi) is 3.73. The van der Waals surface area contributed by atoms with Crippen molar-refractivity contribution in [3.63, 3.8) is 0 Å². The fourth-order valence-electron chi connectivity index (χ4n) is 0.613. The molecular formula is C6H8N2O4. The quantitative estimate of drug-likeness (QED) is 0.500. The lowest BCUT2D eigenvalue weighted by molar-refractivity contribution is -0.141. The van der Waals surface area contributed by atoms with Crippen LogP contribution in [0.1, 0.15) is 6.42 Å². The number of rotatable bonds is 4. The van der Waals surface area contributed by atoms with E-state index in [0.717, 1.165) is 0 Å². The molecule has 6 nitrogen and oxygen atoms in total. The second-order valence-corrected chi connectivity index (χ2v) is 2.20. The van der Waals surface area contributed by atoms with Gasteiger partial charge in [0, 0.05) is 0 Å². The van der Waals surface area contributed by atoms with E-state index in [1.165, 1.54) is 6.07 Å². The van der Waals surface area contributed by atoms with Crippen molar-refractivity contribution in [2.75, 3.05) is 0 Å². The highest BCUT2D eigenvalue weighted by Gasteiger charge is 2.26. The van der Waals surface area contributed by atoms with Crippen molar-refractivity contribution in [3.8, 4) is 6.07 Å². The van der Waals surface area contributed by atoms with Crippen LogP contribution < -0.4 is 5.73 Å². The van der Waals surface area contributed by atoms with E-state index in [-0.39, 0.29) is 0 Å². The van der Waals surface area contributed by atoms with Gasteiger partial charge in [-0.1, -0.05) is 0 Å². The van der Waals surface area contributed by atoms with Crippen LogP contribution in [0.15, 0.2) is 0 Å². The third-order valence-electron chi connectivity index (χ3n) is 1.28. The second kappa shape index (κ2) is 4.31. The molecule has 12 heavy (non-hydrogen) atoms. The van der Waals surface area contributed by atoms with Gasteiger partial charge in [0.15, 0.2) is 0 Å². The molecule has 2 atom stereocenters. The van der Waals surface area contributed by atoms with Gasteiger partial charge >= 0.3 is 11.9 Å². The van der Waals surface area contributed by atoms with E-state index in [9.17, 15) is 9.59 Å². The van der Waals surface area contributed by atoms with Gasteiger partial charge in [-0.3, -0.25) is 9.59 Å². The maximum absolute atomic E-state index is 10.2. The van der Waals surface area contributed by atoms with Crippen molar-refractivity contribution in [3.05, 3.63) is 0 Å². The summed E-state index contributed by atoms with van der Waals surface area (Å²) in [6.45, 7) is 0. The van der Waals surface area contributed by atoms with Crippen LogP contribution in [0.3, 0.4) is 0 Å². The van der Waals surface area contributed by atoms with E-state index >= 15 is 0 Å². The number of aliphatic carboxylic acids is 2. The zero-order chi connectivity index (χ0) is 9.72. The molecule has 0 rings (SSSR count). The molecule has 0 aliphatic rings. The van der Waals surface area contributed by atoms with Gasteiger partial charge in [0.1, 0.15) is 6.04 Å². The average molecular weight is 172 g/mol. The molecular weight excluding hydrogens is 164 g/mol. The number of carbonyl (C=O) groups is 2. The van der Waals surface area contributed by atoms with Crippen molar-refractivity contribution < 1.29 is 19.8 Å². The van der Waals surface area contributed by atoms with Crippen LogP contribution in [0, 0.1) is 17.2 Å². The molecule has 0 aliphatic carbocycles. The number of nitrogens with zero attached hydrogens (tertiary/aromatic N) is 1.